The average Bonchev–Trinajstić information content (AvgIpc) is 3.34. The predicted octanol–water partition coefficient (Wildman–Crippen LogP) is 2.09. The van der Waals surface area contributed by atoms with Gasteiger partial charge in [-0.1, -0.05) is 5.16 Å². The van der Waals surface area contributed by atoms with Crippen LogP contribution < -0.4 is 10.6 Å². The number of carbonyl (C=O) groups is 1. The second-order valence-electron chi connectivity index (χ2n) is 6.15. The molecule has 1 atom stereocenters. The molecule has 3 heterocycles. The van der Waals surface area contributed by atoms with Crippen molar-refractivity contribution in [2.24, 2.45) is 0 Å². The standard InChI is InChI=1S/C16H19N5O2/c22-15-12(3-1-2-8-17-15)19-13-7-6-11(9-18-13)16-20-14(21-23-16)10-4-5-10/h6-7,9-10,12H,1-5,8H2,(H,17,22)(H,18,19)/t12-/m0/s1. The maximum atomic E-state index is 11.9. The van der Waals surface area contributed by atoms with E-state index >= 15 is 0 Å². The first-order valence-electron chi connectivity index (χ1n) is 8.14. The monoisotopic (exact) mass is 313 g/mol. The SMILES string of the molecule is O=C1NCCCC[C@@H]1Nc1ccc(-c2nc(C3CC3)no2)cn1. The lowest BCUT2D eigenvalue weighted by Gasteiger charge is -2.15. The quantitative estimate of drug-likeness (QED) is 0.898. The van der Waals surface area contributed by atoms with Crippen LogP contribution in [0.15, 0.2) is 22.9 Å². The zero-order valence-electron chi connectivity index (χ0n) is 12.8. The normalized spacial score (nSPS) is 21.6. The van der Waals surface area contributed by atoms with E-state index in [4.69, 9.17) is 4.52 Å². The lowest BCUT2D eigenvalue weighted by Crippen LogP contribution is -2.38. The Bertz CT molecular complexity index is 693. The molecule has 2 fully saturated rings. The summed E-state index contributed by atoms with van der Waals surface area (Å²) in [6, 6.07) is 3.50. The molecule has 1 aliphatic carbocycles. The average molecular weight is 313 g/mol. The molecular weight excluding hydrogens is 294 g/mol. The van der Waals surface area contributed by atoms with E-state index in [9.17, 15) is 4.79 Å². The molecule has 1 saturated carbocycles. The highest BCUT2D eigenvalue weighted by atomic mass is 16.5. The van der Waals surface area contributed by atoms with Gasteiger partial charge in [0.1, 0.15) is 11.9 Å². The Morgan fingerprint density at radius 1 is 1.22 bits per heavy atom. The summed E-state index contributed by atoms with van der Waals surface area (Å²) in [7, 11) is 0. The van der Waals surface area contributed by atoms with Gasteiger partial charge in [-0.25, -0.2) is 4.98 Å². The summed E-state index contributed by atoms with van der Waals surface area (Å²) < 4.78 is 5.29. The second-order valence-corrected chi connectivity index (χ2v) is 6.15. The zero-order chi connectivity index (χ0) is 15.6. The van der Waals surface area contributed by atoms with Gasteiger partial charge < -0.3 is 15.2 Å². The lowest BCUT2D eigenvalue weighted by molar-refractivity contribution is -0.121. The molecule has 0 radical (unpaired) electrons. The summed E-state index contributed by atoms with van der Waals surface area (Å²) in [5.41, 5.74) is 0.792. The van der Waals surface area contributed by atoms with Gasteiger partial charge in [0.15, 0.2) is 5.82 Å². The van der Waals surface area contributed by atoms with Gasteiger partial charge in [-0.15, -0.1) is 0 Å². The molecule has 7 heteroatoms. The molecule has 2 aromatic heterocycles. The molecule has 0 aromatic carbocycles. The van der Waals surface area contributed by atoms with Gasteiger partial charge >= 0.3 is 0 Å². The van der Waals surface area contributed by atoms with E-state index in [1.807, 2.05) is 12.1 Å². The number of pyridine rings is 1. The van der Waals surface area contributed by atoms with E-state index in [-0.39, 0.29) is 11.9 Å². The van der Waals surface area contributed by atoms with E-state index in [2.05, 4.69) is 25.8 Å². The summed E-state index contributed by atoms with van der Waals surface area (Å²) in [6.07, 6.45) is 6.86. The van der Waals surface area contributed by atoms with E-state index < -0.39 is 0 Å². The number of aromatic nitrogens is 3. The molecule has 0 spiro atoms. The van der Waals surface area contributed by atoms with Crippen LogP contribution in [0.1, 0.15) is 43.8 Å². The Morgan fingerprint density at radius 3 is 2.91 bits per heavy atom. The van der Waals surface area contributed by atoms with E-state index in [1.165, 1.54) is 0 Å². The fourth-order valence-electron chi connectivity index (χ4n) is 2.72. The Kier molecular flexibility index (Phi) is 3.69. The van der Waals surface area contributed by atoms with E-state index in [1.54, 1.807) is 6.20 Å². The van der Waals surface area contributed by atoms with Crippen molar-refractivity contribution in [1.82, 2.24) is 20.4 Å². The zero-order valence-corrected chi connectivity index (χ0v) is 12.8. The number of anilines is 1. The molecule has 23 heavy (non-hydrogen) atoms. The third-order valence-corrected chi connectivity index (χ3v) is 4.25. The molecule has 1 aliphatic heterocycles. The molecule has 2 N–H and O–H groups in total. The molecule has 2 aliphatic rings. The first-order chi connectivity index (χ1) is 11.3. The third-order valence-electron chi connectivity index (χ3n) is 4.25. The summed E-state index contributed by atoms with van der Waals surface area (Å²) in [4.78, 5) is 20.7. The molecular formula is C16H19N5O2. The molecule has 0 unspecified atom stereocenters. The van der Waals surface area contributed by atoms with Crippen molar-refractivity contribution in [2.45, 2.75) is 44.1 Å². The number of nitrogens with one attached hydrogen (secondary N) is 2. The highest BCUT2D eigenvalue weighted by molar-refractivity contribution is 5.84. The van der Waals surface area contributed by atoms with Gasteiger partial charge in [-0.2, -0.15) is 4.98 Å². The fourth-order valence-corrected chi connectivity index (χ4v) is 2.72. The minimum absolute atomic E-state index is 0.0411. The molecule has 2 aromatic rings. The van der Waals surface area contributed by atoms with E-state index in [0.29, 0.717) is 17.6 Å². The van der Waals surface area contributed by atoms with Crippen LogP contribution in [0.5, 0.6) is 0 Å². The van der Waals surface area contributed by atoms with Crippen LogP contribution >= 0.6 is 0 Å². The molecule has 120 valence electrons. The lowest BCUT2D eigenvalue weighted by atomic mass is 10.1. The Hall–Kier alpha value is -2.44. The summed E-state index contributed by atoms with van der Waals surface area (Å²) >= 11 is 0. The van der Waals surface area contributed by atoms with Crippen LogP contribution in [-0.4, -0.2) is 33.6 Å². The maximum absolute atomic E-state index is 11.9. The Morgan fingerprint density at radius 2 is 2.13 bits per heavy atom. The number of carbonyl (C=O) groups excluding carboxylic acids is 1. The van der Waals surface area contributed by atoms with Crippen molar-refractivity contribution < 1.29 is 9.32 Å². The number of hydrogen-bond donors (Lipinski definition) is 2. The summed E-state index contributed by atoms with van der Waals surface area (Å²) in [5.74, 6) is 2.47. The number of nitrogens with zero attached hydrogens (tertiary/aromatic N) is 3. The van der Waals surface area contributed by atoms with Crippen molar-refractivity contribution >= 4 is 11.7 Å². The van der Waals surface area contributed by atoms with Gasteiger partial charge in [0.2, 0.25) is 5.91 Å². The minimum atomic E-state index is -0.222. The van der Waals surface area contributed by atoms with Gasteiger partial charge in [-0.05, 0) is 44.2 Å². The number of rotatable bonds is 4. The second kappa shape index (κ2) is 5.98. The highest BCUT2D eigenvalue weighted by Crippen LogP contribution is 2.38. The van der Waals surface area contributed by atoms with Crippen LogP contribution in [0.3, 0.4) is 0 Å². The first kappa shape index (κ1) is 14.2. The van der Waals surface area contributed by atoms with Crippen molar-refractivity contribution in [1.29, 1.82) is 0 Å². The van der Waals surface area contributed by atoms with Crippen LogP contribution in [-0.2, 0) is 4.79 Å². The van der Waals surface area contributed by atoms with Gasteiger partial charge in [0, 0.05) is 18.7 Å². The Balaban J connectivity index is 1.45. The van der Waals surface area contributed by atoms with Crippen LogP contribution in [0.4, 0.5) is 5.82 Å². The van der Waals surface area contributed by atoms with Crippen molar-refractivity contribution in [3.63, 3.8) is 0 Å². The van der Waals surface area contributed by atoms with Crippen LogP contribution in [0, 0.1) is 0 Å². The minimum Gasteiger partial charge on any atom is -0.358 e. The summed E-state index contributed by atoms with van der Waals surface area (Å²) in [5, 5.41) is 10.1. The molecule has 4 rings (SSSR count). The van der Waals surface area contributed by atoms with Gasteiger partial charge in [0.25, 0.3) is 5.89 Å². The van der Waals surface area contributed by atoms with Crippen LogP contribution in [0.25, 0.3) is 11.5 Å². The Labute approximate surface area is 133 Å². The molecule has 7 nitrogen and oxygen atoms in total. The highest BCUT2D eigenvalue weighted by Gasteiger charge is 2.29. The van der Waals surface area contributed by atoms with Gasteiger partial charge in [0.05, 0.1) is 5.56 Å². The molecule has 0 bridgehead atoms. The third kappa shape index (κ3) is 3.18. The smallest absolute Gasteiger partial charge is 0.259 e. The topological polar surface area (TPSA) is 92.9 Å². The largest absolute Gasteiger partial charge is 0.358 e. The maximum Gasteiger partial charge on any atom is 0.259 e. The van der Waals surface area contributed by atoms with E-state index in [0.717, 1.165) is 50.0 Å². The molecule has 1 saturated heterocycles. The van der Waals surface area contributed by atoms with Crippen molar-refractivity contribution in [3.05, 3.63) is 24.2 Å². The summed E-state index contributed by atoms with van der Waals surface area (Å²) in [6.45, 7) is 0.754. The van der Waals surface area contributed by atoms with Crippen LogP contribution in [0.2, 0.25) is 0 Å². The van der Waals surface area contributed by atoms with Crippen molar-refractivity contribution in [3.8, 4) is 11.5 Å². The van der Waals surface area contributed by atoms with Gasteiger partial charge in [-0.3, -0.25) is 4.79 Å². The van der Waals surface area contributed by atoms with Crippen molar-refractivity contribution in [2.75, 3.05) is 11.9 Å². The fraction of sp³-hybridized carbons (Fsp3) is 0.500. The first-order valence-corrected chi connectivity index (χ1v) is 8.14. The number of amides is 1. The molecule has 1 amide bonds. The number of hydrogen-bond acceptors (Lipinski definition) is 6. The predicted molar refractivity (Wildman–Crippen MR) is 83.8 cm³/mol.